The van der Waals surface area contributed by atoms with E-state index in [-0.39, 0.29) is 41.6 Å². The van der Waals surface area contributed by atoms with Crippen molar-refractivity contribution in [2.75, 3.05) is 30.3 Å². The topological polar surface area (TPSA) is 122 Å². The van der Waals surface area contributed by atoms with E-state index in [1.165, 1.54) is 6.07 Å². The molecule has 37 heavy (non-hydrogen) atoms. The van der Waals surface area contributed by atoms with Gasteiger partial charge in [0.15, 0.2) is 11.6 Å². The average Bonchev–Trinajstić information content (AvgIpc) is 3.20. The molecule has 1 aliphatic heterocycles. The van der Waals surface area contributed by atoms with Gasteiger partial charge in [-0.2, -0.15) is 0 Å². The van der Waals surface area contributed by atoms with Crippen LogP contribution in [0, 0.1) is 18.6 Å². The summed E-state index contributed by atoms with van der Waals surface area (Å²) in [7, 11) is 0. The fraction of sp³-hybridized carbons (Fsp3) is 0.320. The van der Waals surface area contributed by atoms with Crippen LogP contribution in [-0.4, -0.2) is 50.0 Å². The number of nitrogens with one attached hydrogen (secondary N) is 4. The average molecular weight is 508 g/mol. The van der Waals surface area contributed by atoms with Gasteiger partial charge in [-0.1, -0.05) is 6.92 Å². The fourth-order valence-electron chi connectivity index (χ4n) is 4.27. The largest absolute Gasteiger partial charge is 0.328 e. The lowest BCUT2D eigenvalue weighted by Gasteiger charge is -2.14. The first-order valence-electron chi connectivity index (χ1n) is 12.1. The number of likely N-dealkylation sites (N-methyl/N-ethyl adjacent to an activating group) is 1. The molecule has 0 fully saturated rings. The van der Waals surface area contributed by atoms with E-state index >= 15 is 0 Å². The van der Waals surface area contributed by atoms with Gasteiger partial charge in [0.1, 0.15) is 22.9 Å². The van der Waals surface area contributed by atoms with Gasteiger partial charge in [0.05, 0.1) is 17.4 Å². The van der Waals surface area contributed by atoms with Crippen molar-refractivity contribution in [3.8, 4) is 11.3 Å². The van der Waals surface area contributed by atoms with E-state index in [0.29, 0.717) is 29.4 Å². The maximum Gasteiger partial charge on any atom is 0.229 e. The van der Waals surface area contributed by atoms with Crippen LogP contribution in [0.1, 0.15) is 24.7 Å². The Morgan fingerprint density at radius 1 is 1.03 bits per heavy atom. The predicted molar refractivity (Wildman–Crippen MR) is 136 cm³/mol. The van der Waals surface area contributed by atoms with Crippen molar-refractivity contribution >= 4 is 34.4 Å². The van der Waals surface area contributed by atoms with Gasteiger partial charge >= 0.3 is 0 Å². The predicted octanol–water partition coefficient (Wildman–Crippen LogP) is 3.26. The van der Waals surface area contributed by atoms with E-state index in [9.17, 15) is 13.6 Å². The minimum Gasteiger partial charge on any atom is -0.328 e. The summed E-state index contributed by atoms with van der Waals surface area (Å²) >= 11 is 0. The highest BCUT2D eigenvalue weighted by Crippen LogP contribution is 2.30. The molecule has 0 saturated heterocycles. The molecule has 1 amide bonds. The molecule has 0 radical (unpaired) electrons. The summed E-state index contributed by atoms with van der Waals surface area (Å²) < 4.78 is 31.5. The third kappa shape index (κ3) is 5.25. The summed E-state index contributed by atoms with van der Waals surface area (Å²) in [6.07, 6.45) is 2.81. The Balaban J connectivity index is 1.55. The number of benzene rings is 1. The van der Waals surface area contributed by atoms with Crippen molar-refractivity contribution in [2.24, 2.45) is 0 Å². The van der Waals surface area contributed by atoms with Crippen LogP contribution in [-0.2, 0) is 17.9 Å². The number of amides is 1. The first-order chi connectivity index (χ1) is 17.9. The normalized spacial score (nSPS) is 13.2. The SMILES string of the molecule is CCNCCNCc1cnc2cc1NC(=O)CCn1c(C)nc3c(F)cc(cc31)-c1nc(ncc1F)N2. The number of carbonyl (C=O) groups excluding carboxylic acids is 1. The lowest BCUT2D eigenvalue weighted by atomic mass is 10.1. The number of aryl methyl sites for hydroxylation is 2. The van der Waals surface area contributed by atoms with Gasteiger partial charge in [-0.25, -0.2) is 28.7 Å². The Hall–Kier alpha value is -4.03. The molecule has 12 heteroatoms. The first kappa shape index (κ1) is 24.7. The number of nitrogens with zero attached hydrogens (tertiary/aromatic N) is 5. The van der Waals surface area contributed by atoms with Crippen molar-refractivity contribution in [3.05, 3.63) is 53.6 Å². The van der Waals surface area contributed by atoms with E-state index in [0.717, 1.165) is 31.4 Å². The zero-order chi connectivity index (χ0) is 25.9. The minimum atomic E-state index is -0.694. The third-order valence-corrected chi connectivity index (χ3v) is 6.12. The van der Waals surface area contributed by atoms with Gasteiger partial charge in [-0.15, -0.1) is 0 Å². The number of rotatable bonds is 6. The van der Waals surface area contributed by atoms with Crippen molar-refractivity contribution in [1.29, 1.82) is 0 Å². The summed E-state index contributed by atoms with van der Waals surface area (Å²) in [5.74, 6) is -0.520. The van der Waals surface area contributed by atoms with Crippen molar-refractivity contribution in [1.82, 2.24) is 35.1 Å². The molecule has 6 bridgehead atoms. The first-order valence-corrected chi connectivity index (χ1v) is 12.1. The van der Waals surface area contributed by atoms with Gasteiger partial charge in [-0.3, -0.25) is 4.79 Å². The number of carbonyl (C=O) groups is 1. The highest BCUT2D eigenvalue weighted by molar-refractivity contribution is 5.92. The second-order valence-corrected chi connectivity index (χ2v) is 8.71. The highest BCUT2D eigenvalue weighted by atomic mass is 19.1. The van der Waals surface area contributed by atoms with Crippen LogP contribution in [0.3, 0.4) is 0 Å². The third-order valence-electron chi connectivity index (χ3n) is 6.12. The van der Waals surface area contributed by atoms with E-state index < -0.39 is 11.6 Å². The van der Waals surface area contributed by atoms with Crippen molar-refractivity contribution < 1.29 is 13.6 Å². The molecule has 192 valence electrons. The van der Waals surface area contributed by atoms with Crippen molar-refractivity contribution in [2.45, 2.75) is 33.4 Å². The van der Waals surface area contributed by atoms with E-state index in [4.69, 9.17) is 0 Å². The van der Waals surface area contributed by atoms with Crippen LogP contribution in [0.5, 0.6) is 0 Å². The van der Waals surface area contributed by atoms with E-state index in [1.807, 2.05) is 6.92 Å². The Bertz CT molecular complexity index is 1470. The number of fused-ring (bicyclic) bond motifs is 6. The molecule has 3 aromatic heterocycles. The van der Waals surface area contributed by atoms with E-state index in [1.54, 1.807) is 29.8 Å². The smallest absolute Gasteiger partial charge is 0.229 e. The number of hydrogen-bond donors (Lipinski definition) is 4. The summed E-state index contributed by atoms with van der Waals surface area (Å²) in [4.78, 5) is 30.0. The van der Waals surface area contributed by atoms with Crippen LogP contribution in [0.4, 0.5) is 26.2 Å². The number of imidazole rings is 1. The standard InChI is InChI=1S/C25H27F2N9O/c1-3-28-5-6-29-11-16-12-30-21-10-19(16)33-22(37)4-7-36-14(2)32-24-17(26)8-15(9-20(24)36)23-18(27)13-31-25(34-21)35-23/h8-10,12-13,28-29H,3-7,11H2,1-2H3,(H,33,37)(H,30,31,34,35). The molecule has 4 aromatic rings. The number of pyridine rings is 1. The summed E-state index contributed by atoms with van der Waals surface area (Å²) in [5, 5.41) is 12.5. The zero-order valence-corrected chi connectivity index (χ0v) is 20.5. The summed E-state index contributed by atoms with van der Waals surface area (Å²) in [6.45, 7) is 7.00. The molecule has 0 unspecified atom stereocenters. The highest BCUT2D eigenvalue weighted by Gasteiger charge is 2.19. The quantitative estimate of drug-likeness (QED) is 0.294. The molecule has 0 saturated carbocycles. The molecular formula is C25H27F2N9O. The Morgan fingerprint density at radius 2 is 1.86 bits per heavy atom. The molecular weight excluding hydrogens is 480 g/mol. The van der Waals surface area contributed by atoms with Crippen LogP contribution in [0.25, 0.3) is 22.3 Å². The molecule has 4 N–H and O–H groups in total. The van der Waals surface area contributed by atoms with Gasteiger partial charge in [-0.05, 0) is 25.6 Å². The number of hydrogen-bond acceptors (Lipinski definition) is 8. The monoisotopic (exact) mass is 507 g/mol. The van der Waals surface area contributed by atoms with Gasteiger partial charge < -0.3 is 25.8 Å². The van der Waals surface area contributed by atoms with Crippen LogP contribution in [0.15, 0.2) is 30.6 Å². The minimum absolute atomic E-state index is 0.0606. The number of anilines is 3. The Kier molecular flexibility index (Phi) is 7.01. The summed E-state index contributed by atoms with van der Waals surface area (Å²) in [6, 6.07) is 4.51. The second kappa shape index (κ2) is 10.5. The molecule has 1 aromatic carbocycles. The number of halogens is 2. The Morgan fingerprint density at radius 3 is 2.70 bits per heavy atom. The zero-order valence-electron chi connectivity index (χ0n) is 20.5. The maximum absolute atomic E-state index is 15.0. The van der Waals surface area contributed by atoms with Crippen LogP contribution in [0.2, 0.25) is 0 Å². The van der Waals surface area contributed by atoms with Crippen molar-refractivity contribution in [3.63, 3.8) is 0 Å². The molecule has 5 rings (SSSR count). The molecule has 0 aliphatic carbocycles. The van der Waals surface area contributed by atoms with E-state index in [2.05, 4.69) is 41.2 Å². The van der Waals surface area contributed by atoms with Gasteiger partial charge in [0, 0.05) is 56.0 Å². The molecule has 0 atom stereocenters. The Labute approximate surface area is 211 Å². The lowest BCUT2D eigenvalue weighted by molar-refractivity contribution is -0.116. The molecule has 4 heterocycles. The number of aromatic nitrogens is 5. The molecule has 10 nitrogen and oxygen atoms in total. The van der Waals surface area contributed by atoms with Gasteiger partial charge in [0.2, 0.25) is 11.9 Å². The second-order valence-electron chi connectivity index (χ2n) is 8.71. The molecule has 1 aliphatic rings. The molecule has 0 spiro atoms. The van der Waals surface area contributed by atoms with Gasteiger partial charge in [0.25, 0.3) is 0 Å². The summed E-state index contributed by atoms with van der Waals surface area (Å²) in [5.41, 5.74) is 2.16. The fourth-order valence-corrected chi connectivity index (χ4v) is 4.27. The van der Waals surface area contributed by atoms with Crippen LogP contribution >= 0.6 is 0 Å². The maximum atomic E-state index is 15.0. The lowest BCUT2D eigenvalue weighted by Crippen LogP contribution is -2.27. The van der Waals surface area contributed by atoms with Crippen LogP contribution < -0.4 is 21.3 Å².